The predicted octanol–water partition coefficient (Wildman–Crippen LogP) is 3.87. The largest absolute Gasteiger partial charge is 0.349 e. The molecule has 0 radical (unpaired) electrons. The lowest BCUT2D eigenvalue weighted by Gasteiger charge is -2.08. The van der Waals surface area contributed by atoms with Crippen molar-refractivity contribution >= 4 is 29.1 Å². The molecule has 0 aliphatic heterocycles. The number of aryl methyl sites for hydroxylation is 1. The first-order valence-electron chi connectivity index (χ1n) is 7.60. The van der Waals surface area contributed by atoms with Gasteiger partial charge in [-0.2, -0.15) is 5.10 Å². The number of nitrogens with one attached hydrogen (secondary N) is 1. The first-order valence-corrected chi connectivity index (χ1v) is 8.36. The Kier molecular flexibility index (Phi) is 5.13. The summed E-state index contributed by atoms with van der Waals surface area (Å²) in [6.45, 7) is 2.14. The molecular formula is C17H16Cl2N4O2. The van der Waals surface area contributed by atoms with Gasteiger partial charge in [0, 0.05) is 13.2 Å². The summed E-state index contributed by atoms with van der Waals surface area (Å²) in [5.41, 5.74) is 4.87. The van der Waals surface area contributed by atoms with Crippen molar-refractivity contribution in [1.29, 1.82) is 0 Å². The average Bonchev–Trinajstić information content (AvgIpc) is 3.21. The second kappa shape index (κ2) is 7.31. The molecule has 0 saturated carbocycles. The van der Waals surface area contributed by atoms with Gasteiger partial charge in [0.05, 0.1) is 28.0 Å². The first-order chi connectivity index (χ1) is 12.0. The van der Waals surface area contributed by atoms with E-state index < -0.39 is 5.91 Å². The standard InChI is InChI=1S/C17H16Cl2N4O2/c1-3-25-21-17(24)16-10-14(15-5-4-8-22(15)2)20-23(16)11-6-7-12(18)13(19)9-11/h4-10H,3H2,1-2H3,(H,21,24). The monoisotopic (exact) mass is 378 g/mol. The number of carbonyl (C=O) groups is 1. The second-order valence-corrected chi connectivity index (χ2v) is 6.11. The number of carbonyl (C=O) groups excluding carboxylic acids is 1. The number of hydrogen-bond acceptors (Lipinski definition) is 3. The van der Waals surface area contributed by atoms with Gasteiger partial charge in [-0.1, -0.05) is 23.2 Å². The zero-order valence-electron chi connectivity index (χ0n) is 13.7. The molecule has 0 atom stereocenters. The SMILES string of the molecule is CCONC(=O)c1cc(-c2cccn2C)nn1-c1ccc(Cl)c(Cl)c1. The Morgan fingerprint density at radius 3 is 2.68 bits per heavy atom. The van der Waals surface area contributed by atoms with Gasteiger partial charge in [0.2, 0.25) is 0 Å². The molecule has 3 rings (SSSR count). The van der Waals surface area contributed by atoms with Crippen LogP contribution < -0.4 is 5.48 Å². The minimum absolute atomic E-state index is 0.322. The molecule has 8 heteroatoms. The maximum Gasteiger partial charge on any atom is 0.293 e. The molecule has 0 aliphatic rings. The summed E-state index contributed by atoms with van der Waals surface area (Å²) in [7, 11) is 1.91. The fraction of sp³-hybridized carbons (Fsp3) is 0.176. The van der Waals surface area contributed by atoms with Crippen LogP contribution in [0.25, 0.3) is 17.1 Å². The Labute approximate surface area is 154 Å². The highest BCUT2D eigenvalue weighted by Gasteiger charge is 2.19. The number of rotatable bonds is 5. The van der Waals surface area contributed by atoms with E-state index in [9.17, 15) is 4.79 Å². The van der Waals surface area contributed by atoms with E-state index in [2.05, 4.69) is 10.6 Å². The number of aromatic nitrogens is 3. The van der Waals surface area contributed by atoms with Crippen molar-refractivity contribution in [1.82, 2.24) is 19.8 Å². The van der Waals surface area contributed by atoms with Gasteiger partial charge in [-0.05, 0) is 43.3 Å². The lowest BCUT2D eigenvalue weighted by molar-refractivity contribution is 0.0357. The van der Waals surface area contributed by atoms with Crippen LogP contribution in [0.4, 0.5) is 0 Å². The minimum Gasteiger partial charge on any atom is -0.349 e. The van der Waals surface area contributed by atoms with Crippen molar-refractivity contribution in [3.05, 3.63) is 58.3 Å². The smallest absolute Gasteiger partial charge is 0.293 e. The summed E-state index contributed by atoms with van der Waals surface area (Å²) in [6, 6.07) is 10.6. The Hall–Kier alpha value is -2.28. The molecule has 25 heavy (non-hydrogen) atoms. The van der Waals surface area contributed by atoms with E-state index in [0.717, 1.165) is 5.69 Å². The molecule has 130 valence electrons. The summed E-state index contributed by atoms with van der Waals surface area (Å²) in [5, 5.41) is 5.37. The molecule has 1 aromatic carbocycles. The van der Waals surface area contributed by atoms with Crippen LogP contribution in [-0.2, 0) is 11.9 Å². The van der Waals surface area contributed by atoms with E-state index in [1.165, 1.54) is 4.68 Å². The minimum atomic E-state index is -0.402. The highest BCUT2D eigenvalue weighted by atomic mass is 35.5. The zero-order valence-corrected chi connectivity index (χ0v) is 15.2. The summed E-state index contributed by atoms with van der Waals surface area (Å²) in [4.78, 5) is 17.5. The molecule has 0 aliphatic carbocycles. The Morgan fingerprint density at radius 2 is 2.04 bits per heavy atom. The van der Waals surface area contributed by atoms with Crippen LogP contribution in [0.3, 0.4) is 0 Å². The van der Waals surface area contributed by atoms with Gasteiger partial charge in [0.25, 0.3) is 5.91 Å². The third-order valence-corrected chi connectivity index (χ3v) is 4.34. The quantitative estimate of drug-likeness (QED) is 0.685. The summed E-state index contributed by atoms with van der Waals surface area (Å²) < 4.78 is 3.44. The fourth-order valence-corrected chi connectivity index (χ4v) is 2.69. The first kappa shape index (κ1) is 17.5. The van der Waals surface area contributed by atoms with Gasteiger partial charge >= 0.3 is 0 Å². The Bertz CT molecular complexity index is 917. The lowest BCUT2D eigenvalue weighted by Crippen LogP contribution is -2.26. The van der Waals surface area contributed by atoms with Crippen molar-refractivity contribution in [2.24, 2.45) is 7.05 Å². The van der Waals surface area contributed by atoms with Crippen LogP contribution in [0.2, 0.25) is 10.0 Å². The van der Waals surface area contributed by atoms with Crippen molar-refractivity contribution in [3.63, 3.8) is 0 Å². The highest BCUT2D eigenvalue weighted by Crippen LogP contribution is 2.27. The summed E-state index contributed by atoms with van der Waals surface area (Å²) in [6.07, 6.45) is 1.91. The maximum atomic E-state index is 12.5. The third-order valence-electron chi connectivity index (χ3n) is 3.61. The normalized spacial score (nSPS) is 10.9. The molecular weight excluding hydrogens is 363 g/mol. The van der Waals surface area contributed by atoms with E-state index >= 15 is 0 Å². The zero-order chi connectivity index (χ0) is 18.0. The number of hydroxylamine groups is 1. The molecule has 0 fully saturated rings. The number of hydrogen-bond donors (Lipinski definition) is 1. The molecule has 2 aromatic heterocycles. The Morgan fingerprint density at radius 1 is 1.24 bits per heavy atom. The van der Waals surface area contributed by atoms with Crippen LogP contribution in [0.1, 0.15) is 17.4 Å². The van der Waals surface area contributed by atoms with E-state index in [1.807, 2.05) is 29.9 Å². The van der Waals surface area contributed by atoms with E-state index in [0.29, 0.717) is 33.7 Å². The molecule has 1 N–H and O–H groups in total. The molecule has 0 bridgehead atoms. The van der Waals surface area contributed by atoms with Gasteiger partial charge in [-0.3, -0.25) is 9.63 Å². The van der Waals surface area contributed by atoms with E-state index in [4.69, 9.17) is 28.0 Å². The molecule has 2 heterocycles. The second-order valence-electron chi connectivity index (χ2n) is 5.29. The molecule has 0 spiro atoms. The van der Waals surface area contributed by atoms with Crippen LogP contribution in [-0.4, -0.2) is 26.9 Å². The molecule has 0 unspecified atom stereocenters. The van der Waals surface area contributed by atoms with Crippen molar-refractivity contribution in [3.8, 4) is 17.1 Å². The van der Waals surface area contributed by atoms with Crippen LogP contribution in [0.15, 0.2) is 42.6 Å². The Balaban J connectivity index is 2.11. The topological polar surface area (TPSA) is 61.1 Å². The number of amides is 1. The molecule has 6 nitrogen and oxygen atoms in total. The molecule has 0 saturated heterocycles. The summed E-state index contributed by atoms with van der Waals surface area (Å²) >= 11 is 12.1. The van der Waals surface area contributed by atoms with Gasteiger partial charge < -0.3 is 4.57 Å². The average molecular weight is 379 g/mol. The molecule has 1 amide bonds. The van der Waals surface area contributed by atoms with Crippen molar-refractivity contribution in [2.75, 3.05) is 6.61 Å². The van der Waals surface area contributed by atoms with Crippen LogP contribution in [0.5, 0.6) is 0 Å². The third kappa shape index (κ3) is 3.56. The van der Waals surface area contributed by atoms with Gasteiger partial charge in [0.1, 0.15) is 11.4 Å². The maximum absolute atomic E-state index is 12.5. The lowest BCUT2D eigenvalue weighted by atomic mass is 10.2. The predicted molar refractivity (Wildman–Crippen MR) is 97.1 cm³/mol. The summed E-state index contributed by atoms with van der Waals surface area (Å²) in [5.74, 6) is -0.402. The fourth-order valence-electron chi connectivity index (χ4n) is 2.40. The number of benzene rings is 1. The van der Waals surface area contributed by atoms with Gasteiger partial charge in [0.15, 0.2) is 0 Å². The van der Waals surface area contributed by atoms with E-state index in [-0.39, 0.29) is 0 Å². The van der Waals surface area contributed by atoms with Crippen molar-refractivity contribution in [2.45, 2.75) is 6.92 Å². The number of halogens is 2. The highest BCUT2D eigenvalue weighted by molar-refractivity contribution is 6.42. The van der Waals surface area contributed by atoms with E-state index in [1.54, 1.807) is 31.2 Å². The number of nitrogens with zero attached hydrogens (tertiary/aromatic N) is 3. The van der Waals surface area contributed by atoms with Gasteiger partial charge in [-0.25, -0.2) is 10.2 Å². The van der Waals surface area contributed by atoms with Crippen LogP contribution in [0, 0.1) is 0 Å². The van der Waals surface area contributed by atoms with Gasteiger partial charge in [-0.15, -0.1) is 0 Å². The molecule has 3 aromatic rings. The van der Waals surface area contributed by atoms with Crippen molar-refractivity contribution < 1.29 is 9.63 Å². The van der Waals surface area contributed by atoms with Crippen LogP contribution >= 0.6 is 23.2 Å².